The van der Waals surface area contributed by atoms with Crippen molar-refractivity contribution >= 4 is 5.91 Å². The third-order valence-electron chi connectivity index (χ3n) is 3.01. The second-order valence-electron chi connectivity index (χ2n) is 3.90. The Morgan fingerprint density at radius 3 is 2.93 bits per heavy atom. The summed E-state index contributed by atoms with van der Waals surface area (Å²) in [6.45, 7) is 6.98. The topological polar surface area (TPSA) is 72.5 Å². The first-order valence-corrected chi connectivity index (χ1v) is 4.35. The molecule has 72 valence electrons. The van der Waals surface area contributed by atoms with E-state index in [1.165, 1.54) is 6.08 Å². The molecule has 14 heavy (non-hydrogen) atoms. The summed E-state index contributed by atoms with van der Waals surface area (Å²) in [4.78, 5) is 14.0. The van der Waals surface area contributed by atoms with Crippen molar-refractivity contribution in [2.45, 2.75) is 30.0 Å². The number of epoxide rings is 2. The molecule has 2 N–H and O–H groups in total. The summed E-state index contributed by atoms with van der Waals surface area (Å²) in [5, 5.41) is 0. The standard InChI is InChI=1S/C9H8N2O3/c1-11-9-4-8(3-2-5(10)12)6(13-8)7(9)14-9/h2-3,6-7H,4H2,(H2,10,12). The monoisotopic (exact) mass is 192 g/mol. The van der Waals surface area contributed by atoms with Crippen LogP contribution in [0.4, 0.5) is 0 Å². The molecule has 0 spiro atoms. The molecule has 1 amide bonds. The van der Waals surface area contributed by atoms with Crippen LogP contribution in [0.2, 0.25) is 0 Å². The van der Waals surface area contributed by atoms with Gasteiger partial charge in [-0.1, -0.05) is 0 Å². The van der Waals surface area contributed by atoms with Crippen molar-refractivity contribution in [3.8, 4) is 0 Å². The van der Waals surface area contributed by atoms with E-state index in [9.17, 15) is 4.79 Å². The van der Waals surface area contributed by atoms with E-state index >= 15 is 0 Å². The summed E-state index contributed by atoms with van der Waals surface area (Å²) in [5.41, 5.74) is 3.88. The van der Waals surface area contributed by atoms with Crippen LogP contribution in [0.3, 0.4) is 0 Å². The van der Waals surface area contributed by atoms with Gasteiger partial charge < -0.3 is 10.5 Å². The zero-order valence-electron chi connectivity index (χ0n) is 7.27. The van der Waals surface area contributed by atoms with E-state index < -0.39 is 17.2 Å². The summed E-state index contributed by atoms with van der Waals surface area (Å²) in [6.07, 6.45) is 3.32. The van der Waals surface area contributed by atoms with Gasteiger partial charge in [-0.15, -0.1) is 0 Å². The highest BCUT2D eigenvalue weighted by atomic mass is 16.7. The van der Waals surface area contributed by atoms with Gasteiger partial charge in [-0.2, -0.15) is 0 Å². The second-order valence-corrected chi connectivity index (χ2v) is 3.90. The molecule has 2 saturated heterocycles. The van der Waals surface area contributed by atoms with E-state index in [-0.39, 0.29) is 12.2 Å². The fraction of sp³-hybridized carbons (Fsp3) is 0.556. The summed E-state index contributed by atoms with van der Waals surface area (Å²) in [5.74, 6) is -0.494. The van der Waals surface area contributed by atoms with Crippen LogP contribution in [0.5, 0.6) is 0 Å². The Labute approximate surface area is 80.3 Å². The highest BCUT2D eigenvalue weighted by molar-refractivity contribution is 5.86. The van der Waals surface area contributed by atoms with Crippen LogP contribution >= 0.6 is 0 Å². The van der Waals surface area contributed by atoms with Crippen LogP contribution in [0.1, 0.15) is 6.42 Å². The van der Waals surface area contributed by atoms with E-state index in [4.69, 9.17) is 21.8 Å². The summed E-state index contributed by atoms with van der Waals surface area (Å²) < 4.78 is 10.7. The lowest BCUT2D eigenvalue weighted by Gasteiger charge is -2.01. The average Bonchev–Trinajstić information content (AvgIpc) is 3.01. The van der Waals surface area contributed by atoms with Crippen molar-refractivity contribution in [2.75, 3.05) is 0 Å². The Balaban J connectivity index is 1.80. The van der Waals surface area contributed by atoms with E-state index in [0.29, 0.717) is 6.42 Å². The highest BCUT2D eigenvalue weighted by Crippen LogP contribution is 2.66. The molecule has 2 heterocycles. The van der Waals surface area contributed by atoms with Crippen molar-refractivity contribution in [1.29, 1.82) is 0 Å². The Morgan fingerprint density at radius 2 is 2.36 bits per heavy atom. The van der Waals surface area contributed by atoms with Crippen LogP contribution < -0.4 is 5.73 Å². The highest BCUT2D eigenvalue weighted by Gasteiger charge is 2.88. The lowest BCUT2D eigenvalue weighted by atomic mass is 10.1. The molecule has 3 aliphatic rings. The molecule has 0 aromatic rings. The molecular weight excluding hydrogens is 184 g/mol. The number of hydrogen-bond donors (Lipinski definition) is 1. The van der Waals surface area contributed by atoms with Gasteiger partial charge in [0.15, 0.2) is 0 Å². The van der Waals surface area contributed by atoms with Gasteiger partial charge in [0.1, 0.15) is 11.7 Å². The Kier molecular flexibility index (Phi) is 1.14. The zero-order chi connectivity index (χ0) is 9.97. The summed E-state index contributed by atoms with van der Waals surface area (Å²) in [6, 6.07) is 0. The van der Waals surface area contributed by atoms with Crippen molar-refractivity contribution in [2.24, 2.45) is 5.73 Å². The minimum absolute atomic E-state index is 0.0489. The quantitative estimate of drug-likeness (QED) is 0.367. The molecular formula is C9H8N2O3. The van der Waals surface area contributed by atoms with Gasteiger partial charge >= 0.3 is 5.72 Å². The number of nitrogens with zero attached hydrogens (tertiary/aromatic N) is 1. The van der Waals surface area contributed by atoms with Gasteiger partial charge in [-0.3, -0.25) is 14.4 Å². The molecule has 5 heteroatoms. The number of ether oxygens (including phenoxy) is 2. The van der Waals surface area contributed by atoms with Crippen LogP contribution in [-0.4, -0.2) is 29.4 Å². The predicted octanol–water partition coefficient (Wildman–Crippen LogP) is -0.416. The minimum Gasteiger partial charge on any atom is -0.366 e. The third kappa shape index (κ3) is 0.775. The predicted molar refractivity (Wildman–Crippen MR) is 44.8 cm³/mol. The molecule has 0 aromatic carbocycles. The average molecular weight is 192 g/mol. The summed E-state index contributed by atoms with van der Waals surface area (Å²) in [7, 11) is 0. The van der Waals surface area contributed by atoms with Crippen molar-refractivity contribution in [3.05, 3.63) is 23.6 Å². The van der Waals surface area contributed by atoms with E-state index in [0.717, 1.165) is 0 Å². The number of nitrogens with two attached hydrogens (primary N) is 1. The molecule has 2 aliphatic heterocycles. The Bertz CT molecular complexity index is 399. The maximum absolute atomic E-state index is 10.5. The molecule has 3 rings (SSSR count). The molecule has 4 unspecified atom stereocenters. The maximum atomic E-state index is 10.5. The van der Waals surface area contributed by atoms with Gasteiger partial charge in [-0.25, -0.2) is 6.57 Å². The number of amides is 1. The Morgan fingerprint density at radius 1 is 1.57 bits per heavy atom. The molecule has 0 aromatic heterocycles. The van der Waals surface area contributed by atoms with E-state index in [1.54, 1.807) is 6.08 Å². The van der Waals surface area contributed by atoms with Crippen molar-refractivity contribution < 1.29 is 14.3 Å². The molecule has 0 bridgehead atoms. The smallest absolute Gasteiger partial charge is 0.366 e. The molecule has 5 nitrogen and oxygen atoms in total. The van der Waals surface area contributed by atoms with Crippen LogP contribution in [-0.2, 0) is 14.3 Å². The third-order valence-corrected chi connectivity index (χ3v) is 3.01. The van der Waals surface area contributed by atoms with Gasteiger partial charge in [0, 0.05) is 6.08 Å². The number of carbonyl (C=O) groups excluding carboxylic acids is 1. The largest absolute Gasteiger partial charge is 0.370 e. The molecule has 1 aliphatic carbocycles. The number of carbonyl (C=O) groups is 1. The maximum Gasteiger partial charge on any atom is 0.370 e. The van der Waals surface area contributed by atoms with Crippen LogP contribution in [0.15, 0.2) is 12.2 Å². The first-order chi connectivity index (χ1) is 6.62. The summed E-state index contributed by atoms with van der Waals surface area (Å²) >= 11 is 0. The fourth-order valence-electron chi connectivity index (χ4n) is 2.23. The number of hydrogen-bond acceptors (Lipinski definition) is 3. The first kappa shape index (κ1) is 7.97. The number of fused-ring (bicyclic) bond motifs is 3. The molecule has 1 saturated carbocycles. The van der Waals surface area contributed by atoms with Gasteiger partial charge in [-0.05, 0) is 6.08 Å². The number of primary amides is 1. The Hall–Kier alpha value is -1.38. The molecule has 0 radical (unpaired) electrons. The SMILES string of the molecule is [C-]#[N+]C12CC3(C=CC(N)=O)OC3C1O2. The molecule has 3 fully saturated rings. The van der Waals surface area contributed by atoms with Gasteiger partial charge in [0.05, 0.1) is 6.42 Å². The lowest BCUT2D eigenvalue weighted by molar-refractivity contribution is -0.113. The zero-order valence-corrected chi connectivity index (χ0v) is 7.27. The van der Waals surface area contributed by atoms with E-state index in [2.05, 4.69) is 4.85 Å². The van der Waals surface area contributed by atoms with Crippen molar-refractivity contribution in [1.82, 2.24) is 0 Å². The van der Waals surface area contributed by atoms with Crippen molar-refractivity contribution in [3.63, 3.8) is 0 Å². The number of rotatable bonds is 2. The second kappa shape index (κ2) is 2.00. The van der Waals surface area contributed by atoms with Gasteiger partial charge in [0.25, 0.3) is 0 Å². The fourth-order valence-corrected chi connectivity index (χ4v) is 2.23. The van der Waals surface area contributed by atoms with Gasteiger partial charge in [0.2, 0.25) is 12.0 Å². The minimum atomic E-state index is -0.662. The first-order valence-electron chi connectivity index (χ1n) is 4.35. The molecule has 4 atom stereocenters. The lowest BCUT2D eigenvalue weighted by Crippen LogP contribution is -2.16. The normalized spacial score (nSPS) is 52.2. The van der Waals surface area contributed by atoms with Crippen LogP contribution in [0, 0.1) is 6.57 Å². The van der Waals surface area contributed by atoms with Crippen LogP contribution in [0.25, 0.3) is 4.85 Å². The van der Waals surface area contributed by atoms with E-state index in [1.807, 2.05) is 0 Å².